The molecule has 0 saturated carbocycles. The molecule has 0 radical (unpaired) electrons. The maximum Gasteiger partial charge on any atom is 0.129 e. The first-order chi connectivity index (χ1) is 10.3. The van der Waals surface area contributed by atoms with E-state index in [1.165, 1.54) is 6.07 Å². The molecule has 21 heavy (non-hydrogen) atoms. The highest BCUT2D eigenvalue weighted by Gasteiger charge is 2.07. The van der Waals surface area contributed by atoms with Gasteiger partial charge >= 0.3 is 0 Å². The van der Waals surface area contributed by atoms with Crippen LogP contribution < -0.4 is 0 Å². The molecule has 0 unspecified atom stereocenters. The summed E-state index contributed by atoms with van der Waals surface area (Å²) in [4.78, 5) is 0. The van der Waals surface area contributed by atoms with Gasteiger partial charge in [0.2, 0.25) is 0 Å². The van der Waals surface area contributed by atoms with Crippen LogP contribution in [0.1, 0.15) is 11.1 Å². The Labute approximate surface area is 121 Å². The molecule has 1 N–H and O–H groups in total. The van der Waals surface area contributed by atoms with Gasteiger partial charge in [-0.2, -0.15) is 5.10 Å². The predicted molar refractivity (Wildman–Crippen MR) is 79.2 cm³/mol. The van der Waals surface area contributed by atoms with Gasteiger partial charge in [-0.15, -0.1) is 0 Å². The summed E-state index contributed by atoms with van der Waals surface area (Å²) in [5.41, 5.74) is 2.08. The van der Waals surface area contributed by atoms with Crippen molar-refractivity contribution in [2.24, 2.45) is 0 Å². The van der Waals surface area contributed by atoms with Crippen molar-refractivity contribution in [3.8, 4) is 11.8 Å². The van der Waals surface area contributed by atoms with Crippen LogP contribution in [-0.2, 0) is 6.54 Å². The van der Waals surface area contributed by atoms with Crippen LogP contribution in [0.25, 0.3) is 10.9 Å². The first-order valence-electron chi connectivity index (χ1n) is 6.56. The molecular formula is C17H13FN2O. The smallest absolute Gasteiger partial charge is 0.129 e. The second-order valence-electron chi connectivity index (χ2n) is 4.63. The van der Waals surface area contributed by atoms with Crippen molar-refractivity contribution in [2.75, 3.05) is 6.61 Å². The molecule has 4 heteroatoms. The predicted octanol–water partition coefficient (Wildman–Crippen LogP) is 2.57. The molecule has 3 rings (SSSR count). The number of rotatable bonds is 2. The standard InChI is InChI=1S/C17H13FN2O/c18-16-10-13(4-3-9-21)7-8-15(16)12-20-17-6-2-1-5-14(17)11-19-20/h1-2,5-8,10-11,21H,9,12H2. The fourth-order valence-electron chi connectivity index (χ4n) is 2.21. The third-order valence-corrected chi connectivity index (χ3v) is 3.24. The first-order valence-corrected chi connectivity index (χ1v) is 6.56. The molecule has 3 nitrogen and oxygen atoms in total. The van der Waals surface area contributed by atoms with E-state index >= 15 is 0 Å². The molecule has 3 aromatic rings. The maximum absolute atomic E-state index is 14.1. The van der Waals surface area contributed by atoms with Gasteiger partial charge in [0.1, 0.15) is 12.4 Å². The summed E-state index contributed by atoms with van der Waals surface area (Å²) in [6.45, 7) is 0.135. The molecule has 0 bridgehead atoms. The first kappa shape index (κ1) is 13.3. The van der Waals surface area contributed by atoms with E-state index in [0.717, 1.165) is 10.9 Å². The lowest BCUT2D eigenvalue weighted by Gasteiger charge is -2.06. The number of benzene rings is 2. The van der Waals surface area contributed by atoms with E-state index in [4.69, 9.17) is 5.11 Å². The maximum atomic E-state index is 14.1. The number of aliphatic hydroxyl groups is 1. The topological polar surface area (TPSA) is 38.0 Å². The fraction of sp³-hybridized carbons (Fsp3) is 0.118. The molecule has 104 valence electrons. The van der Waals surface area contributed by atoms with E-state index in [1.807, 2.05) is 24.3 Å². The van der Waals surface area contributed by atoms with Gasteiger partial charge in [-0.3, -0.25) is 4.68 Å². The van der Waals surface area contributed by atoms with Crippen molar-refractivity contribution in [3.63, 3.8) is 0 Å². The van der Waals surface area contributed by atoms with Gasteiger partial charge in [0.15, 0.2) is 0 Å². The number of hydrogen-bond donors (Lipinski definition) is 1. The van der Waals surface area contributed by atoms with Gasteiger partial charge in [0, 0.05) is 16.5 Å². The van der Waals surface area contributed by atoms with Gasteiger partial charge in [0.25, 0.3) is 0 Å². The van der Waals surface area contributed by atoms with Crippen molar-refractivity contribution >= 4 is 10.9 Å². The largest absolute Gasteiger partial charge is 0.384 e. The summed E-state index contributed by atoms with van der Waals surface area (Å²) < 4.78 is 15.9. The number of para-hydroxylation sites is 1. The molecule has 0 aliphatic heterocycles. The lowest BCUT2D eigenvalue weighted by Crippen LogP contribution is -2.03. The lowest BCUT2D eigenvalue weighted by atomic mass is 10.1. The number of hydrogen-bond acceptors (Lipinski definition) is 2. The Balaban J connectivity index is 1.91. The average Bonchev–Trinajstić information content (AvgIpc) is 2.91. The minimum Gasteiger partial charge on any atom is -0.384 e. The number of halogens is 1. The van der Waals surface area contributed by atoms with Gasteiger partial charge < -0.3 is 5.11 Å². The highest BCUT2D eigenvalue weighted by Crippen LogP contribution is 2.16. The Hall–Kier alpha value is -2.64. The zero-order chi connectivity index (χ0) is 14.7. The van der Waals surface area contributed by atoms with Gasteiger partial charge in [-0.1, -0.05) is 36.1 Å². The molecule has 1 aromatic heterocycles. The highest BCUT2D eigenvalue weighted by molar-refractivity contribution is 5.78. The van der Waals surface area contributed by atoms with Crippen LogP contribution in [-0.4, -0.2) is 21.5 Å². The average molecular weight is 280 g/mol. The van der Waals surface area contributed by atoms with E-state index < -0.39 is 0 Å². The third-order valence-electron chi connectivity index (χ3n) is 3.24. The van der Waals surface area contributed by atoms with Crippen LogP contribution in [0.5, 0.6) is 0 Å². The normalized spacial score (nSPS) is 10.4. The molecule has 0 spiro atoms. The van der Waals surface area contributed by atoms with Crippen molar-refractivity contribution in [2.45, 2.75) is 6.54 Å². The van der Waals surface area contributed by atoms with E-state index in [-0.39, 0.29) is 12.4 Å². The molecule has 0 aliphatic rings. The number of fused-ring (bicyclic) bond motifs is 1. The van der Waals surface area contributed by atoms with Crippen LogP contribution in [0, 0.1) is 17.7 Å². The molecule has 0 aliphatic carbocycles. The molecule has 0 amide bonds. The summed E-state index contributed by atoms with van der Waals surface area (Å²) in [6, 6.07) is 12.6. The van der Waals surface area contributed by atoms with Crippen molar-refractivity contribution in [1.29, 1.82) is 0 Å². The molecule has 1 heterocycles. The Morgan fingerprint density at radius 1 is 1.19 bits per heavy atom. The van der Waals surface area contributed by atoms with Crippen molar-refractivity contribution < 1.29 is 9.50 Å². The highest BCUT2D eigenvalue weighted by atomic mass is 19.1. The van der Waals surface area contributed by atoms with Gasteiger partial charge in [0.05, 0.1) is 18.3 Å². The Bertz CT molecular complexity index is 843. The van der Waals surface area contributed by atoms with Crippen LogP contribution >= 0.6 is 0 Å². The molecule has 0 atom stereocenters. The second kappa shape index (κ2) is 5.78. The molecule has 2 aromatic carbocycles. The number of aliphatic hydroxyl groups excluding tert-OH is 1. The van der Waals surface area contributed by atoms with Gasteiger partial charge in [-0.25, -0.2) is 4.39 Å². The summed E-state index contributed by atoms with van der Waals surface area (Å²) in [7, 11) is 0. The summed E-state index contributed by atoms with van der Waals surface area (Å²) in [6.07, 6.45) is 1.77. The van der Waals surface area contributed by atoms with Crippen LogP contribution in [0.4, 0.5) is 4.39 Å². The van der Waals surface area contributed by atoms with E-state index in [0.29, 0.717) is 17.7 Å². The van der Waals surface area contributed by atoms with Gasteiger partial charge in [-0.05, 0) is 18.2 Å². The molecule has 0 saturated heterocycles. The van der Waals surface area contributed by atoms with E-state index in [9.17, 15) is 4.39 Å². The lowest BCUT2D eigenvalue weighted by molar-refractivity contribution is 0.350. The van der Waals surface area contributed by atoms with Crippen LogP contribution in [0.15, 0.2) is 48.7 Å². The van der Waals surface area contributed by atoms with Crippen LogP contribution in [0.3, 0.4) is 0 Å². The minimum absolute atomic E-state index is 0.233. The Morgan fingerprint density at radius 2 is 2.05 bits per heavy atom. The SMILES string of the molecule is OCC#Cc1ccc(Cn2ncc3ccccc32)c(F)c1. The van der Waals surface area contributed by atoms with Crippen molar-refractivity contribution in [1.82, 2.24) is 9.78 Å². The second-order valence-corrected chi connectivity index (χ2v) is 4.63. The zero-order valence-electron chi connectivity index (χ0n) is 11.3. The molecular weight excluding hydrogens is 267 g/mol. The van der Waals surface area contributed by atoms with E-state index in [1.54, 1.807) is 23.0 Å². The van der Waals surface area contributed by atoms with E-state index in [2.05, 4.69) is 16.9 Å². The number of nitrogens with zero attached hydrogens (tertiary/aromatic N) is 2. The summed E-state index contributed by atoms with van der Waals surface area (Å²) >= 11 is 0. The van der Waals surface area contributed by atoms with Crippen molar-refractivity contribution in [3.05, 3.63) is 65.6 Å². The monoisotopic (exact) mass is 280 g/mol. The summed E-state index contributed by atoms with van der Waals surface area (Å²) in [5.74, 6) is 4.87. The van der Waals surface area contributed by atoms with Crippen LogP contribution in [0.2, 0.25) is 0 Å². The number of aromatic nitrogens is 2. The molecule has 0 fully saturated rings. The minimum atomic E-state index is -0.320. The fourth-order valence-corrected chi connectivity index (χ4v) is 2.21. The third kappa shape index (κ3) is 2.78. The Morgan fingerprint density at radius 3 is 2.86 bits per heavy atom. The zero-order valence-corrected chi connectivity index (χ0v) is 11.3. The summed E-state index contributed by atoms with van der Waals surface area (Å²) in [5, 5.41) is 14.0. The quantitative estimate of drug-likeness (QED) is 0.733. The Kier molecular flexibility index (Phi) is 3.67.